The zero-order valence-corrected chi connectivity index (χ0v) is 19.0. The minimum atomic E-state index is -3.23. The topological polar surface area (TPSA) is 90.9 Å². The molecule has 1 aromatic carbocycles. The van der Waals surface area contributed by atoms with Crippen molar-refractivity contribution in [2.24, 2.45) is 10.4 Å². The van der Waals surface area contributed by atoms with Gasteiger partial charge in [-0.3, -0.25) is 4.79 Å². The molecule has 0 heterocycles. The summed E-state index contributed by atoms with van der Waals surface area (Å²) in [6.45, 7) is 5.49. The highest BCUT2D eigenvalue weighted by Crippen LogP contribution is 2.38. The van der Waals surface area contributed by atoms with Crippen LogP contribution in [0.3, 0.4) is 0 Å². The summed E-state index contributed by atoms with van der Waals surface area (Å²) in [6, 6.07) is 5.29. The molecule has 8 heteroatoms. The molecule has 0 aliphatic heterocycles. The van der Waals surface area contributed by atoms with Crippen molar-refractivity contribution in [3.05, 3.63) is 29.3 Å². The molecule has 2 rings (SSSR count). The second-order valence-electron chi connectivity index (χ2n) is 8.11. The van der Waals surface area contributed by atoms with Crippen LogP contribution in [0.1, 0.15) is 43.7 Å². The Kier molecular flexibility index (Phi) is 7.68. The first-order valence-corrected chi connectivity index (χ1v) is 12.0. The third-order valence-corrected chi connectivity index (χ3v) is 6.67. The molecular weight excluding hydrogens is 388 g/mol. The Bertz CT molecular complexity index is 857. The summed E-state index contributed by atoms with van der Waals surface area (Å²) < 4.78 is 23.6. The van der Waals surface area contributed by atoms with Crippen molar-refractivity contribution in [3.63, 3.8) is 0 Å². The lowest BCUT2D eigenvalue weighted by Crippen LogP contribution is -2.49. The third-order valence-electron chi connectivity index (χ3n) is 5.42. The van der Waals surface area contributed by atoms with Gasteiger partial charge in [-0.15, -0.1) is 0 Å². The summed E-state index contributed by atoms with van der Waals surface area (Å²) in [4.78, 5) is 19.4. The van der Waals surface area contributed by atoms with Gasteiger partial charge in [0.2, 0.25) is 5.91 Å². The lowest BCUT2D eigenvalue weighted by atomic mass is 9.84. The number of benzene rings is 1. The van der Waals surface area contributed by atoms with Gasteiger partial charge in [-0.05, 0) is 43.9 Å². The number of sulfone groups is 1. The average Bonchev–Trinajstić information content (AvgIpc) is 3.12. The average molecular weight is 423 g/mol. The number of nitrogens with one attached hydrogen (secondary N) is 2. The van der Waals surface area contributed by atoms with Crippen molar-refractivity contribution < 1.29 is 13.2 Å². The summed E-state index contributed by atoms with van der Waals surface area (Å²) in [6.07, 6.45) is 5.14. The van der Waals surface area contributed by atoms with Crippen molar-refractivity contribution in [2.45, 2.75) is 51.0 Å². The van der Waals surface area contributed by atoms with E-state index in [-0.39, 0.29) is 11.3 Å². The fourth-order valence-electron chi connectivity index (χ4n) is 3.98. The highest BCUT2D eigenvalue weighted by molar-refractivity contribution is 7.90. The van der Waals surface area contributed by atoms with Crippen LogP contribution in [0.2, 0.25) is 0 Å². The fraction of sp³-hybridized carbons (Fsp3) is 0.619. The summed E-state index contributed by atoms with van der Waals surface area (Å²) in [5.74, 6) is 0.834. The van der Waals surface area contributed by atoms with Crippen LogP contribution in [0.4, 0.5) is 0 Å². The van der Waals surface area contributed by atoms with E-state index in [2.05, 4.69) is 15.6 Å². The van der Waals surface area contributed by atoms with Crippen LogP contribution >= 0.6 is 0 Å². The molecule has 0 unspecified atom stereocenters. The molecule has 1 aromatic rings. The van der Waals surface area contributed by atoms with Crippen LogP contribution in [0.25, 0.3) is 0 Å². The second kappa shape index (κ2) is 9.61. The van der Waals surface area contributed by atoms with E-state index in [0.29, 0.717) is 30.5 Å². The maximum absolute atomic E-state index is 12.7. The minimum Gasteiger partial charge on any atom is -0.357 e. The zero-order chi connectivity index (χ0) is 21.7. The summed E-state index contributed by atoms with van der Waals surface area (Å²) in [5, 5.41) is 6.59. The first kappa shape index (κ1) is 23.2. The summed E-state index contributed by atoms with van der Waals surface area (Å²) >= 11 is 0. The third kappa shape index (κ3) is 5.95. The van der Waals surface area contributed by atoms with Gasteiger partial charge in [0.1, 0.15) is 0 Å². The van der Waals surface area contributed by atoms with Gasteiger partial charge >= 0.3 is 0 Å². The Balaban J connectivity index is 2.12. The van der Waals surface area contributed by atoms with Crippen LogP contribution in [0.15, 0.2) is 28.1 Å². The zero-order valence-electron chi connectivity index (χ0n) is 18.2. The first-order chi connectivity index (χ1) is 13.6. The van der Waals surface area contributed by atoms with Gasteiger partial charge in [-0.1, -0.05) is 25.0 Å². The number of hydrogen-bond donors (Lipinski definition) is 2. The monoisotopic (exact) mass is 422 g/mol. The standard InChI is InChI=1S/C21H34N4O3S/c1-6-22-20(24-15-21(11-7-8-12-21)19(26)25(3)4)23-14-17-9-10-18(16(2)13-17)29(5,27)28/h9-10,13H,6-8,11-12,14-15H2,1-5H3,(H2,22,23,24). The van der Waals surface area contributed by atoms with E-state index < -0.39 is 9.84 Å². The molecule has 0 bridgehead atoms. The molecule has 1 aliphatic carbocycles. The van der Waals surface area contributed by atoms with E-state index in [0.717, 1.165) is 36.8 Å². The van der Waals surface area contributed by atoms with E-state index in [1.165, 1.54) is 6.26 Å². The van der Waals surface area contributed by atoms with E-state index in [1.807, 2.05) is 27.1 Å². The minimum absolute atomic E-state index is 0.172. The predicted octanol–water partition coefficient (Wildman–Crippen LogP) is 2.10. The molecule has 0 radical (unpaired) electrons. The maximum atomic E-state index is 12.7. The van der Waals surface area contributed by atoms with Gasteiger partial charge < -0.3 is 15.5 Å². The van der Waals surface area contributed by atoms with Crippen LogP contribution in [0, 0.1) is 12.3 Å². The lowest BCUT2D eigenvalue weighted by Gasteiger charge is -2.31. The van der Waals surface area contributed by atoms with Gasteiger partial charge in [0.15, 0.2) is 15.8 Å². The van der Waals surface area contributed by atoms with Crippen molar-refractivity contribution >= 4 is 21.7 Å². The Morgan fingerprint density at radius 2 is 1.86 bits per heavy atom. The van der Waals surface area contributed by atoms with Crippen molar-refractivity contribution in [3.8, 4) is 0 Å². The van der Waals surface area contributed by atoms with Crippen molar-refractivity contribution in [1.82, 2.24) is 15.5 Å². The van der Waals surface area contributed by atoms with E-state index >= 15 is 0 Å². The van der Waals surface area contributed by atoms with Crippen molar-refractivity contribution in [2.75, 3.05) is 33.4 Å². The number of hydrogen-bond acceptors (Lipinski definition) is 4. The van der Waals surface area contributed by atoms with Gasteiger partial charge in [-0.2, -0.15) is 0 Å². The number of aryl methyl sites for hydroxylation is 1. The highest BCUT2D eigenvalue weighted by Gasteiger charge is 2.42. The van der Waals surface area contributed by atoms with Crippen LogP contribution < -0.4 is 10.6 Å². The Hall–Kier alpha value is -2.09. The SMILES string of the molecule is CCNC(=NCc1ccc(S(C)(=O)=O)c(C)c1)NCC1(C(=O)N(C)C)CCCC1. The smallest absolute Gasteiger partial charge is 0.230 e. The second-order valence-corrected chi connectivity index (χ2v) is 10.1. The molecule has 0 aromatic heterocycles. The Morgan fingerprint density at radius 1 is 1.21 bits per heavy atom. The van der Waals surface area contributed by atoms with Gasteiger partial charge in [-0.25, -0.2) is 13.4 Å². The largest absolute Gasteiger partial charge is 0.357 e. The van der Waals surface area contributed by atoms with E-state index in [9.17, 15) is 13.2 Å². The van der Waals surface area contributed by atoms with Crippen LogP contribution in [-0.2, 0) is 21.2 Å². The van der Waals surface area contributed by atoms with E-state index in [4.69, 9.17) is 0 Å². The molecule has 0 atom stereocenters. The van der Waals surface area contributed by atoms with E-state index in [1.54, 1.807) is 24.0 Å². The molecule has 29 heavy (non-hydrogen) atoms. The molecule has 1 fully saturated rings. The number of carbonyl (C=O) groups excluding carboxylic acids is 1. The Labute approximate surface area is 174 Å². The van der Waals surface area contributed by atoms with Gasteiger partial charge in [0.25, 0.3) is 0 Å². The molecule has 162 valence electrons. The summed E-state index contributed by atoms with van der Waals surface area (Å²) in [5.41, 5.74) is 1.29. The van der Waals surface area contributed by atoms with Crippen LogP contribution in [-0.4, -0.2) is 58.6 Å². The fourth-order valence-corrected chi connectivity index (χ4v) is 4.94. The quantitative estimate of drug-likeness (QED) is 0.519. The molecule has 0 spiro atoms. The number of nitrogens with zero attached hydrogens (tertiary/aromatic N) is 2. The number of guanidine groups is 1. The van der Waals surface area contributed by atoms with Crippen molar-refractivity contribution in [1.29, 1.82) is 0 Å². The lowest BCUT2D eigenvalue weighted by molar-refractivity contribution is -0.138. The molecule has 1 amide bonds. The maximum Gasteiger partial charge on any atom is 0.230 e. The van der Waals surface area contributed by atoms with Gasteiger partial charge in [0.05, 0.1) is 16.9 Å². The molecule has 7 nitrogen and oxygen atoms in total. The van der Waals surface area contributed by atoms with Gasteiger partial charge in [0, 0.05) is 33.4 Å². The first-order valence-electron chi connectivity index (χ1n) is 10.1. The highest BCUT2D eigenvalue weighted by atomic mass is 32.2. The van der Waals surface area contributed by atoms with Crippen LogP contribution in [0.5, 0.6) is 0 Å². The summed E-state index contributed by atoms with van der Waals surface area (Å²) in [7, 11) is 0.393. The molecule has 1 saturated carbocycles. The number of rotatable bonds is 7. The number of amides is 1. The molecule has 1 aliphatic rings. The normalized spacial score (nSPS) is 16.5. The predicted molar refractivity (Wildman–Crippen MR) is 117 cm³/mol. The molecular formula is C21H34N4O3S. The number of aliphatic imine (C=N–C) groups is 1. The Morgan fingerprint density at radius 3 is 2.38 bits per heavy atom. The number of carbonyl (C=O) groups is 1. The molecule has 2 N–H and O–H groups in total. The molecule has 0 saturated heterocycles.